The van der Waals surface area contributed by atoms with Gasteiger partial charge in [-0.15, -0.1) is 0 Å². The highest BCUT2D eigenvalue weighted by Gasteiger charge is 2.16. The van der Waals surface area contributed by atoms with E-state index in [4.69, 9.17) is 4.74 Å². The molecule has 0 fully saturated rings. The SMILES string of the molecule is CCCCCCCCCCCCCCC(CCC)NC(=O)Oc1ccccc1C(=O)O. The molecule has 0 aliphatic heterocycles. The minimum absolute atomic E-state index is 0.00866. The van der Waals surface area contributed by atoms with Crippen LogP contribution in [0.1, 0.15) is 121 Å². The molecule has 1 amide bonds. The average molecular weight is 434 g/mol. The van der Waals surface area contributed by atoms with Gasteiger partial charge in [0, 0.05) is 6.04 Å². The Labute approximate surface area is 189 Å². The number of aromatic carboxylic acids is 1. The van der Waals surface area contributed by atoms with Crippen LogP contribution >= 0.6 is 0 Å². The van der Waals surface area contributed by atoms with Gasteiger partial charge >= 0.3 is 12.1 Å². The second-order valence-corrected chi connectivity index (χ2v) is 8.50. The van der Waals surface area contributed by atoms with Crippen LogP contribution in [0.25, 0.3) is 0 Å². The number of carboxylic acid groups (broad SMARTS) is 1. The molecule has 0 saturated carbocycles. The van der Waals surface area contributed by atoms with Crippen molar-refractivity contribution < 1.29 is 19.4 Å². The molecule has 0 saturated heterocycles. The lowest BCUT2D eigenvalue weighted by Crippen LogP contribution is -2.37. The molecular weight excluding hydrogens is 390 g/mol. The van der Waals surface area contributed by atoms with Crippen molar-refractivity contribution in [3.8, 4) is 5.75 Å². The zero-order chi connectivity index (χ0) is 22.7. The van der Waals surface area contributed by atoms with Crippen LogP contribution in [0.15, 0.2) is 24.3 Å². The Kier molecular flexibility index (Phi) is 15.3. The molecular formula is C26H43NO4. The number of carbonyl (C=O) groups is 2. The van der Waals surface area contributed by atoms with Gasteiger partial charge in [0.25, 0.3) is 0 Å². The maximum Gasteiger partial charge on any atom is 0.412 e. The number of benzene rings is 1. The first-order valence-electron chi connectivity index (χ1n) is 12.4. The second-order valence-electron chi connectivity index (χ2n) is 8.50. The van der Waals surface area contributed by atoms with Crippen LogP contribution in [0.5, 0.6) is 5.75 Å². The molecule has 0 spiro atoms. The molecule has 1 atom stereocenters. The lowest BCUT2D eigenvalue weighted by Gasteiger charge is -2.18. The van der Waals surface area contributed by atoms with Crippen LogP contribution in [-0.4, -0.2) is 23.2 Å². The van der Waals surface area contributed by atoms with E-state index in [0.29, 0.717) is 0 Å². The van der Waals surface area contributed by atoms with Crippen LogP contribution in [0, 0.1) is 0 Å². The van der Waals surface area contributed by atoms with Crippen LogP contribution < -0.4 is 10.1 Å². The fourth-order valence-corrected chi connectivity index (χ4v) is 3.90. The van der Waals surface area contributed by atoms with Crippen molar-refractivity contribution in [3.63, 3.8) is 0 Å². The van der Waals surface area contributed by atoms with Gasteiger partial charge < -0.3 is 15.2 Å². The molecule has 1 aromatic rings. The van der Waals surface area contributed by atoms with Gasteiger partial charge in [-0.3, -0.25) is 0 Å². The standard InChI is InChI=1S/C26H43NO4/c1-3-5-6-7-8-9-10-11-12-13-14-15-19-22(18-4-2)27-26(30)31-24-21-17-16-20-23(24)25(28)29/h16-17,20-22H,3-15,18-19H2,1-2H3,(H,27,30)(H,28,29). The fourth-order valence-electron chi connectivity index (χ4n) is 3.90. The molecule has 0 heterocycles. The average Bonchev–Trinajstić information content (AvgIpc) is 2.74. The number of carbonyl (C=O) groups excluding carboxylic acids is 1. The van der Waals surface area contributed by atoms with Crippen LogP contribution in [-0.2, 0) is 0 Å². The summed E-state index contributed by atoms with van der Waals surface area (Å²) in [6, 6.07) is 6.27. The quantitative estimate of drug-likeness (QED) is 0.232. The number of unbranched alkanes of at least 4 members (excludes halogenated alkanes) is 11. The van der Waals surface area contributed by atoms with Crippen molar-refractivity contribution in [2.45, 2.75) is 116 Å². The van der Waals surface area contributed by atoms with E-state index in [0.717, 1.165) is 25.7 Å². The number of hydrogen-bond donors (Lipinski definition) is 2. The Morgan fingerprint density at radius 3 is 1.90 bits per heavy atom. The normalized spacial score (nSPS) is 11.8. The summed E-state index contributed by atoms with van der Waals surface area (Å²) in [5, 5.41) is 12.1. The molecule has 5 nitrogen and oxygen atoms in total. The number of carboxylic acids is 1. The Morgan fingerprint density at radius 2 is 1.35 bits per heavy atom. The van der Waals surface area contributed by atoms with E-state index in [2.05, 4.69) is 19.2 Å². The third-order valence-corrected chi connectivity index (χ3v) is 5.69. The summed E-state index contributed by atoms with van der Waals surface area (Å²) < 4.78 is 5.27. The molecule has 1 unspecified atom stereocenters. The maximum absolute atomic E-state index is 12.3. The van der Waals surface area contributed by atoms with Gasteiger partial charge in [0.1, 0.15) is 11.3 Å². The third kappa shape index (κ3) is 13.1. The first-order valence-corrected chi connectivity index (χ1v) is 12.4. The number of ether oxygens (including phenoxy) is 1. The molecule has 1 rings (SSSR count). The Balaban J connectivity index is 2.19. The molecule has 0 aliphatic carbocycles. The molecule has 0 aromatic heterocycles. The summed E-state index contributed by atoms with van der Waals surface area (Å²) in [6.45, 7) is 4.36. The van der Waals surface area contributed by atoms with Crippen molar-refractivity contribution in [1.82, 2.24) is 5.32 Å². The Hall–Kier alpha value is -2.04. The predicted molar refractivity (Wildman–Crippen MR) is 127 cm³/mol. The minimum atomic E-state index is -1.11. The van der Waals surface area contributed by atoms with Crippen LogP contribution in [0.2, 0.25) is 0 Å². The highest BCUT2D eigenvalue weighted by Crippen LogP contribution is 2.19. The van der Waals surface area contributed by atoms with Crippen molar-refractivity contribution in [3.05, 3.63) is 29.8 Å². The summed E-state index contributed by atoms with van der Waals surface area (Å²) in [5.74, 6) is -1.03. The van der Waals surface area contributed by atoms with Crippen molar-refractivity contribution in [2.24, 2.45) is 0 Å². The van der Waals surface area contributed by atoms with Gasteiger partial charge in [-0.1, -0.05) is 109 Å². The molecule has 0 aliphatic rings. The predicted octanol–water partition coefficient (Wildman–Crippen LogP) is 7.73. The minimum Gasteiger partial charge on any atom is -0.478 e. The van der Waals surface area contributed by atoms with E-state index in [1.807, 2.05) is 0 Å². The van der Waals surface area contributed by atoms with Gasteiger partial charge in [0.05, 0.1) is 0 Å². The highest BCUT2D eigenvalue weighted by atomic mass is 16.6. The van der Waals surface area contributed by atoms with Crippen LogP contribution in [0.4, 0.5) is 4.79 Å². The molecule has 0 bridgehead atoms. The van der Waals surface area contributed by atoms with Gasteiger partial charge in [0.15, 0.2) is 0 Å². The van der Waals surface area contributed by atoms with E-state index >= 15 is 0 Å². The summed E-state index contributed by atoms with van der Waals surface area (Å²) in [6.07, 6.45) is 18.0. The smallest absolute Gasteiger partial charge is 0.412 e. The number of rotatable bonds is 18. The number of hydrogen-bond acceptors (Lipinski definition) is 3. The zero-order valence-electron chi connectivity index (χ0n) is 19.7. The lowest BCUT2D eigenvalue weighted by atomic mass is 10.0. The first-order chi connectivity index (χ1) is 15.1. The Bertz CT molecular complexity index is 617. The van der Waals surface area contributed by atoms with Gasteiger partial charge in [0.2, 0.25) is 0 Å². The second kappa shape index (κ2) is 17.6. The van der Waals surface area contributed by atoms with E-state index in [1.54, 1.807) is 12.1 Å². The first kappa shape index (κ1) is 27.0. The maximum atomic E-state index is 12.3. The largest absolute Gasteiger partial charge is 0.478 e. The Morgan fingerprint density at radius 1 is 0.806 bits per heavy atom. The molecule has 5 heteroatoms. The van der Waals surface area contributed by atoms with E-state index < -0.39 is 12.1 Å². The number of amides is 1. The summed E-state index contributed by atoms with van der Waals surface area (Å²) >= 11 is 0. The number of nitrogens with one attached hydrogen (secondary N) is 1. The number of para-hydroxylation sites is 1. The summed E-state index contributed by atoms with van der Waals surface area (Å²) in [4.78, 5) is 23.5. The van der Waals surface area contributed by atoms with Crippen molar-refractivity contribution in [2.75, 3.05) is 0 Å². The van der Waals surface area contributed by atoms with E-state index in [9.17, 15) is 14.7 Å². The van der Waals surface area contributed by atoms with E-state index in [-0.39, 0.29) is 17.4 Å². The molecule has 176 valence electrons. The van der Waals surface area contributed by atoms with Crippen molar-refractivity contribution >= 4 is 12.1 Å². The third-order valence-electron chi connectivity index (χ3n) is 5.69. The van der Waals surface area contributed by atoms with E-state index in [1.165, 1.54) is 82.8 Å². The van der Waals surface area contributed by atoms with Gasteiger partial charge in [-0.05, 0) is 25.0 Å². The zero-order valence-corrected chi connectivity index (χ0v) is 19.7. The lowest BCUT2D eigenvalue weighted by molar-refractivity contribution is 0.0694. The monoisotopic (exact) mass is 433 g/mol. The molecule has 2 N–H and O–H groups in total. The van der Waals surface area contributed by atoms with Crippen LogP contribution in [0.3, 0.4) is 0 Å². The highest BCUT2D eigenvalue weighted by molar-refractivity contribution is 5.91. The fraction of sp³-hybridized carbons (Fsp3) is 0.692. The molecule has 31 heavy (non-hydrogen) atoms. The summed E-state index contributed by atoms with van der Waals surface area (Å²) in [5.41, 5.74) is -0.00866. The molecule has 0 radical (unpaired) electrons. The topological polar surface area (TPSA) is 75.6 Å². The molecule has 1 aromatic carbocycles. The van der Waals surface area contributed by atoms with Crippen molar-refractivity contribution in [1.29, 1.82) is 0 Å². The van der Waals surface area contributed by atoms with Gasteiger partial charge in [-0.2, -0.15) is 0 Å². The summed E-state index contributed by atoms with van der Waals surface area (Å²) in [7, 11) is 0. The van der Waals surface area contributed by atoms with Gasteiger partial charge in [-0.25, -0.2) is 9.59 Å².